The number of amides is 1. The average Bonchev–Trinajstić information content (AvgIpc) is 2.57. The number of rotatable bonds is 4. The first-order valence-corrected chi connectivity index (χ1v) is 8.39. The van der Waals surface area contributed by atoms with Gasteiger partial charge >= 0.3 is 0 Å². The van der Waals surface area contributed by atoms with E-state index in [1.54, 1.807) is 16.7 Å². The normalized spacial score (nSPS) is 12.5. The second kappa shape index (κ2) is 6.44. The molecule has 0 N–H and O–H groups in total. The van der Waals surface area contributed by atoms with Crippen LogP contribution in [0.1, 0.15) is 13.3 Å². The van der Waals surface area contributed by atoms with Crippen LogP contribution in [0.4, 0.5) is 11.4 Å². The Labute approximate surface area is 135 Å². The predicted octanol–water partition coefficient (Wildman–Crippen LogP) is 4.16. The number of para-hydroxylation sites is 2. The monoisotopic (exact) mass is 312 g/mol. The second-order valence-corrected chi connectivity index (χ2v) is 6.43. The van der Waals surface area contributed by atoms with Gasteiger partial charge in [-0.25, -0.2) is 0 Å². The number of carbonyl (C=O) groups is 1. The molecule has 2 aromatic rings. The van der Waals surface area contributed by atoms with Crippen molar-refractivity contribution in [1.82, 2.24) is 4.90 Å². The van der Waals surface area contributed by atoms with E-state index >= 15 is 0 Å². The highest BCUT2D eigenvalue weighted by Gasteiger charge is 2.23. The summed E-state index contributed by atoms with van der Waals surface area (Å²) < 4.78 is 0. The summed E-state index contributed by atoms with van der Waals surface area (Å²) in [5.74, 6) is 0.190. The summed E-state index contributed by atoms with van der Waals surface area (Å²) >= 11 is 1.79. The summed E-state index contributed by atoms with van der Waals surface area (Å²) in [4.78, 5) is 18.7. The summed E-state index contributed by atoms with van der Waals surface area (Å²) in [6, 6.07) is 16.8. The Morgan fingerprint density at radius 1 is 1.05 bits per heavy atom. The van der Waals surface area contributed by atoms with Crippen LogP contribution in [-0.2, 0) is 4.79 Å². The van der Waals surface area contributed by atoms with E-state index in [4.69, 9.17) is 0 Å². The Morgan fingerprint density at radius 3 is 2.14 bits per heavy atom. The van der Waals surface area contributed by atoms with Crippen molar-refractivity contribution in [3.63, 3.8) is 0 Å². The Hall–Kier alpha value is -1.94. The van der Waals surface area contributed by atoms with Crippen LogP contribution in [-0.4, -0.2) is 30.9 Å². The van der Waals surface area contributed by atoms with Gasteiger partial charge in [0.2, 0.25) is 5.91 Å². The van der Waals surface area contributed by atoms with Gasteiger partial charge in [0.05, 0.1) is 11.4 Å². The molecule has 0 radical (unpaired) electrons. The van der Waals surface area contributed by atoms with Gasteiger partial charge < -0.3 is 9.80 Å². The van der Waals surface area contributed by atoms with E-state index in [1.807, 2.05) is 14.0 Å². The first-order chi connectivity index (χ1) is 10.7. The molecule has 0 unspecified atom stereocenters. The zero-order valence-electron chi connectivity index (χ0n) is 13.0. The van der Waals surface area contributed by atoms with E-state index in [9.17, 15) is 4.79 Å². The van der Waals surface area contributed by atoms with Crippen molar-refractivity contribution in [2.24, 2.45) is 0 Å². The lowest BCUT2D eigenvalue weighted by molar-refractivity contribution is -0.129. The molecular formula is C18H20N2OS. The van der Waals surface area contributed by atoms with Gasteiger partial charge in [-0.2, -0.15) is 0 Å². The number of nitrogens with zero attached hydrogens (tertiary/aromatic N) is 2. The summed E-state index contributed by atoms with van der Waals surface area (Å²) in [5, 5.41) is 0. The molecular weight excluding hydrogens is 292 g/mol. The molecule has 0 aliphatic carbocycles. The predicted molar refractivity (Wildman–Crippen MR) is 91.9 cm³/mol. The van der Waals surface area contributed by atoms with Gasteiger partial charge in [0.25, 0.3) is 0 Å². The summed E-state index contributed by atoms with van der Waals surface area (Å²) in [6.45, 7) is 3.46. The molecule has 0 spiro atoms. The lowest BCUT2D eigenvalue weighted by atomic mass is 10.2. The molecule has 4 heteroatoms. The number of fused-ring (bicyclic) bond motifs is 2. The Bertz CT molecular complexity index is 641. The van der Waals surface area contributed by atoms with Crippen LogP contribution < -0.4 is 4.90 Å². The fourth-order valence-electron chi connectivity index (χ4n) is 2.60. The van der Waals surface area contributed by atoms with Crippen LogP contribution in [0.25, 0.3) is 0 Å². The molecule has 2 aromatic carbocycles. The molecule has 1 heterocycles. The largest absolute Gasteiger partial charge is 0.346 e. The fourth-order valence-corrected chi connectivity index (χ4v) is 3.69. The minimum absolute atomic E-state index is 0.190. The molecule has 1 amide bonds. The number of carbonyl (C=O) groups excluding carboxylic acids is 1. The van der Waals surface area contributed by atoms with Crippen molar-refractivity contribution in [2.45, 2.75) is 23.1 Å². The first kappa shape index (κ1) is 15.0. The van der Waals surface area contributed by atoms with Crippen molar-refractivity contribution in [3.8, 4) is 0 Å². The summed E-state index contributed by atoms with van der Waals surface area (Å²) in [6.07, 6.45) is 0.525. The Morgan fingerprint density at radius 2 is 1.59 bits per heavy atom. The van der Waals surface area contributed by atoms with Crippen molar-refractivity contribution in [3.05, 3.63) is 48.5 Å². The average molecular weight is 312 g/mol. The zero-order valence-corrected chi connectivity index (χ0v) is 13.8. The molecule has 0 atom stereocenters. The van der Waals surface area contributed by atoms with Gasteiger partial charge in [-0.3, -0.25) is 4.79 Å². The summed E-state index contributed by atoms with van der Waals surface area (Å²) in [5.41, 5.74) is 2.39. The van der Waals surface area contributed by atoms with Gasteiger partial charge in [0, 0.05) is 36.3 Å². The standard InChI is InChI=1S/C18H20N2OS/c1-3-19(2)18(21)12-13-20-14-8-4-6-10-16(14)22-17-11-7-5-9-15(17)20/h4-11H,3,12-13H2,1-2H3. The van der Waals surface area contributed by atoms with E-state index in [-0.39, 0.29) is 5.91 Å². The maximum absolute atomic E-state index is 12.1. The highest BCUT2D eigenvalue weighted by atomic mass is 32.2. The first-order valence-electron chi connectivity index (χ1n) is 7.58. The van der Waals surface area contributed by atoms with Crippen LogP contribution in [0.2, 0.25) is 0 Å². The van der Waals surface area contributed by atoms with E-state index < -0.39 is 0 Å². The molecule has 0 aromatic heterocycles. The topological polar surface area (TPSA) is 23.6 Å². The molecule has 0 fully saturated rings. The third-order valence-electron chi connectivity index (χ3n) is 3.98. The van der Waals surface area contributed by atoms with Gasteiger partial charge in [-0.1, -0.05) is 36.0 Å². The molecule has 0 saturated heterocycles. The number of benzene rings is 2. The molecule has 3 rings (SSSR count). The molecule has 0 bridgehead atoms. The highest BCUT2D eigenvalue weighted by molar-refractivity contribution is 7.99. The van der Waals surface area contributed by atoms with Gasteiger partial charge in [0.15, 0.2) is 0 Å². The minimum atomic E-state index is 0.190. The number of anilines is 2. The quantitative estimate of drug-likeness (QED) is 0.847. The van der Waals surface area contributed by atoms with E-state index in [0.29, 0.717) is 13.0 Å². The smallest absolute Gasteiger partial charge is 0.224 e. The van der Waals surface area contributed by atoms with Crippen LogP contribution in [0, 0.1) is 0 Å². The molecule has 1 aliphatic rings. The SMILES string of the molecule is CCN(C)C(=O)CCN1c2ccccc2Sc2ccccc21. The lowest BCUT2D eigenvalue weighted by Crippen LogP contribution is -2.31. The van der Waals surface area contributed by atoms with Gasteiger partial charge in [-0.15, -0.1) is 0 Å². The third-order valence-corrected chi connectivity index (χ3v) is 5.11. The van der Waals surface area contributed by atoms with E-state index in [0.717, 1.165) is 6.54 Å². The van der Waals surface area contributed by atoms with Gasteiger partial charge in [-0.05, 0) is 31.2 Å². The van der Waals surface area contributed by atoms with Gasteiger partial charge in [0.1, 0.15) is 0 Å². The van der Waals surface area contributed by atoms with Crippen LogP contribution >= 0.6 is 11.8 Å². The fraction of sp³-hybridized carbons (Fsp3) is 0.278. The maximum atomic E-state index is 12.1. The van der Waals surface area contributed by atoms with Crippen molar-refractivity contribution in [1.29, 1.82) is 0 Å². The molecule has 3 nitrogen and oxygen atoms in total. The second-order valence-electron chi connectivity index (χ2n) is 5.35. The Balaban J connectivity index is 1.88. The molecule has 0 saturated carbocycles. The molecule has 114 valence electrons. The van der Waals surface area contributed by atoms with E-state index in [2.05, 4.69) is 53.4 Å². The third kappa shape index (κ3) is 2.83. The highest BCUT2D eigenvalue weighted by Crippen LogP contribution is 2.47. The van der Waals surface area contributed by atoms with E-state index in [1.165, 1.54) is 21.2 Å². The van der Waals surface area contributed by atoms with Crippen molar-refractivity contribution >= 4 is 29.0 Å². The zero-order chi connectivity index (χ0) is 15.5. The van der Waals surface area contributed by atoms with Crippen LogP contribution in [0.3, 0.4) is 0 Å². The summed E-state index contributed by atoms with van der Waals surface area (Å²) in [7, 11) is 1.86. The minimum Gasteiger partial charge on any atom is -0.346 e. The lowest BCUT2D eigenvalue weighted by Gasteiger charge is -2.33. The van der Waals surface area contributed by atoms with Crippen molar-refractivity contribution in [2.75, 3.05) is 25.0 Å². The number of hydrogen-bond acceptors (Lipinski definition) is 3. The van der Waals surface area contributed by atoms with Crippen molar-refractivity contribution < 1.29 is 4.79 Å². The van der Waals surface area contributed by atoms with Crippen LogP contribution in [0.15, 0.2) is 58.3 Å². The molecule has 1 aliphatic heterocycles. The number of hydrogen-bond donors (Lipinski definition) is 0. The maximum Gasteiger partial charge on any atom is 0.224 e. The Kier molecular flexibility index (Phi) is 4.39. The molecule has 22 heavy (non-hydrogen) atoms. The van der Waals surface area contributed by atoms with Crippen LogP contribution in [0.5, 0.6) is 0 Å².